The molecule has 0 aliphatic carbocycles. The number of hydrogen-bond donors (Lipinski definition) is 1. The SMILES string of the molecule is COc1cc(C(=O)O)cc(C(C)(C)C)n1. The zero-order valence-electron chi connectivity index (χ0n) is 9.37. The first-order valence-corrected chi connectivity index (χ1v) is 4.64. The predicted molar refractivity (Wildman–Crippen MR) is 56.4 cm³/mol. The quantitative estimate of drug-likeness (QED) is 0.810. The van der Waals surface area contributed by atoms with E-state index in [4.69, 9.17) is 9.84 Å². The van der Waals surface area contributed by atoms with E-state index in [2.05, 4.69) is 4.98 Å². The van der Waals surface area contributed by atoms with Gasteiger partial charge in [0.05, 0.1) is 18.4 Å². The van der Waals surface area contributed by atoms with Crippen molar-refractivity contribution in [2.75, 3.05) is 7.11 Å². The Morgan fingerprint density at radius 1 is 1.40 bits per heavy atom. The second-order valence-electron chi connectivity index (χ2n) is 4.34. The molecule has 0 bridgehead atoms. The lowest BCUT2D eigenvalue weighted by Gasteiger charge is -2.18. The van der Waals surface area contributed by atoms with Crippen molar-refractivity contribution >= 4 is 5.97 Å². The Labute approximate surface area is 88.9 Å². The Kier molecular flexibility index (Phi) is 2.98. The third-order valence-corrected chi connectivity index (χ3v) is 2.03. The van der Waals surface area contributed by atoms with Gasteiger partial charge in [0.15, 0.2) is 0 Å². The molecule has 4 heteroatoms. The Balaban J connectivity index is 3.30. The van der Waals surface area contributed by atoms with Crippen LogP contribution in [0.4, 0.5) is 0 Å². The lowest BCUT2D eigenvalue weighted by Crippen LogP contribution is -2.15. The van der Waals surface area contributed by atoms with Crippen LogP contribution in [0.1, 0.15) is 36.8 Å². The van der Waals surface area contributed by atoms with Crippen molar-refractivity contribution in [3.8, 4) is 5.88 Å². The van der Waals surface area contributed by atoms with Gasteiger partial charge in [-0.2, -0.15) is 0 Å². The molecule has 0 saturated carbocycles. The lowest BCUT2D eigenvalue weighted by molar-refractivity contribution is 0.0696. The fraction of sp³-hybridized carbons (Fsp3) is 0.455. The number of ether oxygens (including phenoxy) is 1. The van der Waals surface area contributed by atoms with Crippen LogP contribution in [0, 0.1) is 0 Å². The first-order chi connectivity index (χ1) is 6.84. The molecule has 0 aliphatic heterocycles. The third kappa shape index (κ3) is 2.68. The van der Waals surface area contributed by atoms with E-state index in [9.17, 15) is 4.79 Å². The maximum absolute atomic E-state index is 10.9. The molecule has 4 nitrogen and oxygen atoms in total. The number of methoxy groups -OCH3 is 1. The molecule has 0 spiro atoms. The Bertz CT molecular complexity index is 380. The summed E-state index contributed by atoms with van der Waals surface area (Å²) in [6.07, 6.45) is 0. The Morgan fingerprint density at radius 2 is 2.00 bits per heavy atom. The van der Waals surface area contributed by atoms with Crippen molar-refractivity contribution in [2.45, 2.75) is 26.2 Å². The summed E-state index contributed by atoms with van der Waals surface area (Å²) in [7, 11) is 1.47. The van der Waals surface area contributed by atoms with Crippen LogP contribution in [-0.4, -0.2) is 23.2 Å². The van der Waals surface area contributed by atoms with Crippen molar-refractivity contribution in [1.29, 1.82) is 0 Å². The molecule has 0 fully saturated rings. The van der Waals surface area contributed by atoms with Crippen molar-refractivity contribution in [2.24, 2.45) is 0 Å². The summed E-state index contributed by atoms with van der Waals surface area (Å²) >= 11 is 0. The van der Waals surface area contributed by atoms with E-state index in [0.29, 0.717) is 11.6 Å². The number of rotatable bonds is 2. The summed E-state index contributed by atoms with van der Waals surface area (Å²) in [5, 5.41) is 8.91. The minimum atomic E-state index is -0.971. The van der Waals surface area contributed by atoms with E-state index < -0.39 is 5.97 Å². The smallest absolute Gasteiger partial charge is 0.335 e. The van der Waals surface area contributed by atoms with Crippen LogP contribution in [0.25, 0.3) is 0 Å². The largest absolute Gasteiger partial charge is 0.481 e. The summed E-state index contributed by atoms with van der Waals surface area (Å²) in [5.74, 6) is -0.638. The van der Waals surface area contributed by atoms with Crippen LogP contribution in [0.3, 0.4) is 0 Å². The third-order valence-electron chi connectivity index (χ3n) is 2.03. The highest BCUT2D eigenvalue weighted by atomic mass is 16.5. The molecular formula is C11H15NO3. The fourth-order valence-electron chi connectivity index (χ4n) is 1.12. The molecule has 1 heterocycles. The minimum Gasteiger partial charge on any atom is -0.481 e. The van der Waals surface area contributed by atoms with Crippen LogP contribution >= 0.6 is 0 Å². The molecule has 1 aromatic rings. The molecule has 82 valence electrons. The lowest BCUT2D eigenvalue weighted by atomic mass is 9.91. The second kappa shape index (κ2) is 3.88. The Hall–Kier alpha value is -1.58. The van der Waals surface area contributed by atoms with Gasteiger partial charge < -0.3 is 9.84 Å². The first-order valence-electron chi connectivity index (χ1n) is 4.64. The molecule has 15 heavy (non-hydrogen) atoms. The van der Waals surface area contributed by atoms with E-state index in [-0.39, 0.29) is 11.0 Å². The Morgan fingerprint density at radius 3 is 2.40 bits per heavy atom. The summed E-state index contributed by atoms with van der Waals surface area (Å²) in [6.45, 7) is 5.92. The molecule has 0 aliphatic rings. The molecular weight excluding hydrogens is 194 g/mol. The summed E-state index contributed by atoms with van der Waals surface area (Å²) in [5.41, 5.74) is 0.713. The number of nitrogens with zero attached hydrogens (tertiary/aromatic N) is 1. The highest BCUT2D eigenvalue weighted by Gasteiger charge is 2.19. The maximum atomic E-state index is 10.9. The summed E-state index contributed by atoms with van der Waals surface area (Å²) < 4.78 is 4.97. The van der Waals surface area contributed by atoms with Crippen LogP contribution in [0.15, 0.2) is 12.1 Å². The zero-order chi connectivity index (χ0) is 11.6. The number of pyridine rings is 1. The highest BCUT2D eigenvalue weighted by Crippen LogP contribution is 2.24. The van der Waals surface area contributed by atoms with Crippen LogP contribution < -0.4 is 4.74 Å². The number of aromatic nitrogens is 1. The van der Waals surface area contributed by atoms with Gasteiger partial charge in [-0.25, -0.2) is 9.78 Å². The van der Waals surface area contributed by atoms with Gasteiger partial charge in [-0.3, -0.25) is 0 Å². The van der Waals surface area contributed by atoms with E-state index in [0.717, 1.165) is 0 Å². The molecule has 1 aromatic heterocycles. The van der Waals surface area contributed by atoms with Crippen LogP contribution in [0.2, 0.25) is 0 Å². The minimum absolute atomic E-state index is 0.196. The molecule has 0 aromatic carbocycles. The fourth-order valence-corrected chi connectivity index (χ4v) is 1.12. The van der Waals surface area contributed by atoms with E-state index in [1.54, 1.807) is 6.07 Å². The number of carboxylic acid groups (broad SMARTS) is 1. The van der Waals surface area contributed by atoms with Gasteiger partial charge in [-0.05, 0) is 6.07 Å². The average molecular weight is 209 g/mol. The molecule has 1 rings (SSSR count). The van der Waals surface area contributed by atoms with E-state index >= 15 is 0 Å². The number of hydrogen-bond acceptors (Lipinski definition) is 3. The standard InChI is InChI=1S/C11H15NO3/c1-11(2,3)8-5-7(10(13)14)6-9(12-8)15-4/h5-6H,1-4H3,(H,13,14). The molecule has 0 atom stereocenters. The van der Waals surface area contributed by atoms with Gasteiger partial charge in [0, 0.05) is 11.5 Å². The van der Waals surface area contributed by atoms with Crippen molar-refractivity contribution < 1.29 is 14.6 Å². The maximum Gasteiger partial charge on any atom is 0.335 e. The van der Waals surface area contributed by atoms with Gasteiger partial charge >= 0.3 is 5.97 Å². The number of carbonyl (C=O) groups is 1. The van der Waals surface area contributed by atoms with E-state index in [1.165, 1.54) is 13.2 Å². The van der Waals surface area contributed by atoms with Gasteiger partial charge in [0.2, 0.25) is 5.88 Å². The van der Waals surface area contributed by atoms with Crippen molar-refractivity contribution in [3.63, 3.8) is 0 Å². The average Bonchev–Trinajstić information content (AvgIpc) is 2.15. The van der Waals surface area contributed by atoms with Crippen molar-refractivity contribution in [1.82, 2.24) is 4.98 Å². The van der Waals surface area contributed by atoms with Gasteiger partial charge in [-0.1, -0.05) is 20.8 Å². The van der Waals surface area contributed by atoms with Gasteiger partial charge in [-0.15, -0.1) is 0 Å². The van der Waals surface area contributed by atoms with Crippen LogP contribution in [-0.2, 0) is 5.41 Å². The summed E-state index contributed by atoms with van der Waals surface area (Å²) in [6, 6.07) is 2.99. The zero-order valence-corrected chi connectivity index (χ0v) is 9.37. The second-order valence-corrected chi connectivity index (χ2v) is 4.34. The number of aromatic carboxylic acids is 1. The normalized spacial score (nSPS) is 11.2. The molecule has 0 unspecified atom stereocenters. The first kappa shape index (κ1) is 11.5. The highest BCUT2D eigenvalue weighted by molar-refractivity contribution is 5.88. The monoisotopic (exact) mass is 209 g/mol. The molecule has 0 saturated heterocycles. The van der Waals surface area contributed by atoms with Crippen molar-refractivity contribution in [3.05, 3.63) is 23.4 Å². The van der Waals surface area contributed by atoms with Gasteiger partial charge in [0.25, 0.3) is 0 Å². The number of carboxylic acids is 1. The molecule has 1 N–H and O–H groups in total. The van der Waals surface area contributed by atoms with Crippen LogP contribution in [0.5, 0.6) is 5.88 Å². The van der Waals surface area contributed by atoms with E-state index in [1.807, 2.05) is 20.8 Å². The molecule has 0 amide bonds. The molecule has 0 radical (unpaired) electrons. The topological polar surface area (TPSA) is 59.4 Å². The predicted octanol–water partition coefficient (Wildman–Crippen LogP) is 2.09. The summed E-state index contributed by atoms with van der Waals surface area (Å²) in [4.78, 5) is 15.1. The van der Waals surface area contributed by atoms with Gasteiger partial charge in [0.1, 0.15) is 0 Å².